The first-order chi connectivity index (χ1) is 7.72. The number of methoxy groups -OCH3 is 1. The van der Waals surface area contributed by atoms with E-state index in [1.54, 1.807) is 0 Å². The fraction of sp³-hybridized carbons (Fsp3) is 0.917. The van der Waals surface area contributed by atoms with Gasteiger partial charge in [0.05, 0.1) is 20.3 Å². The summed E-state index contributed by atoms with van der Waals surface area (Å²) in [6.45, 7) is 10.5. The first-order valence-electron chi connectivity index (χ1n) is 5.82. The Hall–Kier alpha value is -0.810. The summed E-state index contributed by atoms with van der Waals surface area (Å²) < 4.78 is 10.2. The third kappa shape index (κ3) is 7.99. The molecule has 0 aliphatic rings. The van der Waals surface area contributed by atoms with Crippen LogP contribution < -0.4 is 11.1 Å². The normalized spacial score (nSPS) is 12.4. The Bertz CT molecular complexity index is 240. The zero-order valence-corrected chi connectivity index (χ0v) is 11.6. The number of nitrogens with two attached hydrogens (primary N) is 1. The van der Waals surface area contributed by atoms with Crippen molar-refractivity contribution in [3.05, 3.63) is 0 Å². The number of carbonyl (C=O) groups excluding carboxylic acids is 1. The monoisotopic (exact) mass is 246 g/mol. The largest absolute Gasteiger partial charge is 0.453 e. The Kier molecular flexibility index (Phi) is 6.49. The highest BCUT2D eigenvalue weighted by molar-refractivity contribution is 5.66. The second-order valence-corrected chi connectivity index (χ2v) is 5.87. The first kappa shape index (κ1) is 16.2. The minimum absolute atomic E-state index is 0.00808. The molecule has 102 valence electrons. The molecular formula is C12H26N2O3. The summed E-state index contributed by atoms with van der Waals surface area (Å²) in [5.74, 6) is 0. The Morgan fingerprint density at radius 2 is 1.71 bits per heavy atom. The molecule has 5 heteroatoms. The van der Waals surface area contributed by atoms with Crippen LogP contribution in [0.15, 0.2) is 0 Å². The molecule has 0 aromatic rings. The second-order valence-electron chi connectivity index (χ2n) is 5.87. The molecular weight excluding hydrogens is 220 g/mol. The molecule has 0 bridgehead atoms. The van der Waals surface area contributed by atoms with Gasteiger partial charge in [0.1, 0.15) is 0 Å². The van der Waals surface area contributed by atoms with Crippen LogP contribution in [-0.2, 0) is 9.47 Å². The molecule has 0 aliphatic carbocycles. The summed E-state index contributed by atoms with van der Waals surface area (Å²) in [7, 11) is 1.35. The molecule has 0 fully saturated rings. The van der Waals surface area contributed by atoms with E-state index in [0.29, 0.717) is 26.3 Å². The molecule has 5 nitrogen and oxygen atoms in total. The van der Waals surface area contributed by atoms with Gasteiger partial charge < -0.3 is 20.5 Å². The Balaban J connectivity index is 3.89. The van der Waals surface area contributed by atoms with Crippen LogP contribution in [0.2, 0.25) is 0 Å². The van der Waals surface area contributed by atoms with Crippen molar-refractivity contribution in [1.82, 2.24) is 5.32 Å². The van der Waals surface area contributed by atoms with Gasteiger partial charge in [-0.1, -0.05) is 27.7 Å². The van der Waals surface area contributed by atoms with E-state index in [1.165, 1.54) is 7.11 Å². The van der Waals surface area contributed by atoms with Gasteiger partial charge >= 0.3 is 6.09 Å². The van der Waals surface area contributed by atoms with Crippen LogP contribution in [0.1, 0.15) is 27.7 Å². The molecule has 3 N–H and O–H groups in total. The smallest absolute Gasteiger partial charge is 0.406 e. The van der Waals surface area contributed by atoms with Crippen LogP contribution in [0.3, 0.4) is 0 Å². The first-order valence-corrected chi connectivity index (χ1v) is 5.82. The van der Waals surface area contributed by atoms with E-state index in [-0.39, 0.29) is 10.8 Å². The maximum Gasteiger partial charge on any atom is 0.406 e. The quantitative estimate of drug-likeness (QED) is 0.711. The van der Waals surface area contributed by atoms with Crippen molar-refractivity contribution in [2.75, 3.05) is 33.4 Å². The van der Waals surface area contributed by atoms with Gasteiger partial charge in [-0.2, -0.15) is 0 Å². The van der Waals surface area contributed by atoms with E-state index in [4.69, 9.17) is 10.5 Å². The van der Waals surface area contributed by atoms with E-state index in [9.17, 15) is 4.79 Å². The molecule has 1 amide bonds. The lowest BCUT2D eigenvalue weighted by atomic mass is 9.93. The summed E-state index contributed by atoms with van der Waals surface area (Å²) in [4.78, 5) is 10.9. The number of nitrogens with one attached hydrogen (secondary N) is 1. The number of carbonyl (C=O) groups is 1. The van der Waals surface area contributed by atoms with Gasteiger partial charge in [-0.25, -0.2) is 4.79 Å². The van der Waals surface area contributed by atoms with Crippen molar-refractivity contribution in [2.45, 2.75) is 27.7 Å². The standard InChI is InChI=1S/C12H26N2O3/c1-11(2,6-13)8-17-9-12(3,4)7-14-10(15)16-5/h6-9,13H2,1-5H3,(H,14,15). The highest BCUT2D eigenvalue weighted by atomic mass is 16.5. The summed E-state index contributed by atoms with van der Waals surface area (Å²) in [6.07, 6.45) is -0.416. The van der Waals surface area contributed by atoms with Gasteiger partial charge in [-0.15, -0.1) is 0 Å². The predicted octanol–water partition coefficient (Wildman–Crippen LogP) is 1.37. The molecule has 0 spiro atoms. The van der Waals surface area contributed by atoms with Gasteiger partial charge in [0.15, 0.2) is 0 Å². The lowest BCUT2D eigenvalue weighted by molar-refractivity contribution is 0.0183. The SMILES string of the molecule is COC(=O)NCC(C)(C)COCC(C)(C)CN. The van der Waals surface area contributed by atoms with Crippen LogP contribution >= 0.6 is 0 Å². The molecule has 0 aromatic carbocycles. The Labute approximate surface area is 104 Å². The summed E-state index contributed by atoms with van der Waals surface area (Å²) in [6, 6.07) is 0. The molecule has 0 aromatic heterocycles. The third-order valence-electron chi connectivity index (χ3n) is 2.43. The van der Waals surface area contributed by atoms with Crippen molar-refractivity contribution < 1.29 is 14.3 Å². The van der Waals surface area contributed by atoms with Crippen LogP contribution in [-0.4, -0.2) is 39.5 Å². The van der Waals surface area contributed by atoms with Gasteiger partial charge in [-0.3, -0.25) is 0 Å². The van der Waals surface area contributed by atoms with Crippen molar-refractivity contribution in [3.63, 3.8) is 0 Å². The van der Waals surface area contributed by atoms with Crippen molar-refractivity contribution in [3.8, 4) is 0 Å². The number of rotatable bonds is 7. The topological polar surface area (TPSA) is 73.6 Å². The second kappa shape index (κ2) is 6.81. The molecule has 0 saturated heterocycles. The number of alkyl carbamates (subject to hydrolysis) is 1. The maximum absolute atomic E-state index is 10.9. The molecule has 0 radical (unpaired) electrons. The van der Waals surface area contributed by atoms with E-state index >= 15 is 0 Å². The molecule has 0 saturated carbocycles. The minimum atomic E-state index is -0.416. The molecule has 17 heavy (non-hydrogen) atoms. The third-order valence-corrected chi connectivity index (χ3v) is 2.43. The average Bonchev–Trinajstić information content (AvgIpc) is 2.25. The molecule has 0 heterocycles. The molecule has 0 unspecified atom stereocenters. The lowest BCUT2D eigenvalue weighted by Gasteiger charge is -2.28. The van der Waals surface area contributed by atoms with E-state index in [1.807, 2.05) is 13.8 Å². The molecule has 0 atom stereocenters. The van der Waals surface area contributed by atoms with Crippen LogP contribution in [0.5, 0.6) is 0 Å². The molecule has 0 aliphatic heterocycles. The zero-order valence-electron chi connectivity index (χ0n) is 11.6. The maximum atomic E-state index is 10.9. The number of amides is 1. The van der Waals surface area contributed by atoms with Gasteiger partial charge in [0.2, 0.25) is 0 Å². The fourth-order valence-corrected chi connectivity index (χ4v) is 1.10. The van der Waals surface area contributed by atoms with Gasteiger partial charge in [0, 0.05) is 17.4 Å². The summed E-state index contributed by atoms with van der Waals surface area (Å²) >= 11 is 0. The van der Waals surface area contributed by atoms with E-state index in [2.05, 4.69) is 23.9 Å². The Morgan fingerprint density at radius 3 is 2.18 bits per heavy atom. The lowest BCUT2D eigenvalue weighted by Crippen LogP contribution is -2.38. The highest BCUT2D eigenvalue weighted by Gasteiger charge is 2.22. The number of hydrogen-bond donors (Lipinski definition) is 2. The van der Waals surface area contributed by atoms with Gasteiger partial charge in [0.25, 0.3) is 0 Å². The van der Waals surface area contributed by atoms with Gasteiger partial charge in [-0.05, 0) is 6.54 Å². The van der Waals surface area contributed by atoms with Crippen LogP contribution in [0, 0.1) is 10.8 Å². The number of ether oxygens (including phenoxy) is 2. The predicted molar refractivity (Wildman–Crippen MR) is 67.8 cm³/mol. The summed E-state index contributed by atoms with van der Waals surface area (Å²) in [5.41, 5.74) is 5.48. The van der Waals surface area contributed by atoms with E-state index < -0.39 is 6.09 Å². The van der Waals surface area contributed by atoms with Crippen LogP contribution in [0.4, 0.5) is 4.79 Å². The average molecular weight is 246 g/mol. The van der Waals surface area contributed by atoms with E-state index in [0.717, 1.165) is 0 Å². The fourth-order valence-electron chi connectivity index (χ4n) is 1.10. The minimum Gasteiger partial charge on any atom is -0.453 e. The van der Waals surface area contributed by atoms with Crippen molar-refractivity contribution >= 4 is 6.09 Å². The molecule has 0 rings (SSSR count). The van der Waals surface area contributed by atoms with Crippen molar-refractivity contribution in [2.24, 2.45) is 16.6 Å². The Morgan fingerprint density at radius 1 is 1.18 bits per heavy atom. The highest BCUT2D eigenvalue weighted by Crippen LogP contribution is 2.18. The summed E-state index contributed by atoms with van der Waals surface area (Å²) in [5, 5.41) is 2.67. The van der Waals surface area contributed by atoms with Crippen LogP contribution in [0.25, 0.3) is 0 Å². The van der Waals surface area contributed by atoms with Crippen molar-refractivity contribution in [1.29, 1.82) is 0 Å². The zero-order chi connectivity index (χ0) is 13.5. The number of hydrogen-bond acceptors (Lipinski definition) is 4.